The van der Waals surface area contributed by atoms with Crippen LogP contribution in [0.1, 0.15) is 81.4 Å². The molecular weight excluding hydrogens is 656 g/mol. The van der Waals surface area contributed by atoms with Crippen LogP contribution in [0, 0.1) is 0 Å². The summed E-state index contributed by atoms with van der Waals surface area (Å²) in [6.45, 7) is 3.89. The maximum Gasteiger partial charge on any atom is 0.273 e. The molecule has 1 aliphatic carbocycles. The Hall–Kier alpha value is -3.67. The third-order valence-corrected chi connectivity index (χ3v) is 11.3. The highest BCUT2D eigenvalue weighted by atomic mass is 32.2. The molecule has 50 heavy (non-hydrogen) atoms. The van der Waals surface area contributed by atoms with E-state index in [9.17, 15) is 13.0 Å². The summed E-state index contributed by atoms with van der Waals surface area (Å²) < 4.78 is 73.4. The van der Waals surface area contributed by atoms with Gasteiger partial charge in [0, 0.05) is 24.7 Å². The zero-order valence-electron chi connectivity index (χ0n) is 28.5. The van der Waals surface area contributed by atoms with Crippen LogP contribution in [0.4, 0.5) is 0 Å². The first kappa shape index (κ1) is 34.8. The molecule has 1 N–H and O–H groups in total. The van der Waals surface area contributed by atoms with Crippen LogP contribution in [0.15, 0.2) is 84.9 Å². The third-order valence-electron chi connectivity index (χ3n) is 9.96. The second-order valence-electron chi connectivity index (χ2n) is 13.7. The van der Waals surface area contributed by atoms with Gasteiger partial charge in [-0.2, -0.15) is 8.42 Å². The minimum atomic E-state index is -4.62. The molecular formula is C40H46O9S. The van der Waals surface area contributed by atoms with Crippen LogP contribution >= 0.6 is 0 Å². The van der Waals surface area contributed by atoms with Gasteiger partial charge in [0.15, 0.2) is 18.9 Å². The molecule has 3 heterocycles. The highest BCUT2D eigenvalue weighted by Crippen LogP contribution is 2.47. The maximum atomic E-state index is 13.5. The quantitative estimate of drug-likeness (QED) is 0.210. The largest absolute Gasteiger partial charge is 0.465 e. The molecule has 5 unspecified atom stereocenters. The summed E-state index contributed by atoms with van der Waals surface area (Å²) in [4.78, 5) is 0. The SMILES string of the molecule is CC1(c2ccc(OC3CCCCO3)cc2)C=C(c2ccc(OC3CCCCO3)cc2)C=C(c2ccc(OC3CCCCO3)cc2)C1S(=O)(=O)O. The second kappa shape index (κ2) is 15.3. The predicted molar refractivity (Wildman–Crippen MR) is 191 cm³/mol. The highest BCUT2D eigenvalue weighted by molar-refractivity contribution is 7.87. The first-order valence-corrected chi connectivity index (χ1v) is 19.3. The van der Waals surface area contributed by atoms with Crippen LogP contribution < -0.4 is 14.2 Å². The number of rotatable bonds is 10. The summed E-state index contributed by atoms with van der Waals surface area (Å²) in [7, 11) is -4.62. The van der Waals surface area contributed by atoms with Crippen molar-refractivity contribution in [1.29, 1.82) is 0 Å². The summed E-state index contributed by atoms with van der Waals surface area (Å²) >= 11 is 0. The molecule has 4 aliphatic rings. The normalized spacial score (nSPS) is 27.5. The van der Waals surface area contributed by atoms with E-state index < -0.39 is 20.8 Å². The van der Waals surface area contributed by atoms with E-state index in [4.69, 9.17) is 28.4 Å². The van der Waals surface area contributed by atoms with E-state index in [2.05, 4.69) is 0 Å². The van der Waals surface area contributed by atoms with Gasteiger partial charge in [-0.15, -0.1) is 0 Å². The Balaban J connectivity index is 1.24. The average molecular weight is 703 g/mol. The average Bonchev–Trinajstić information content (AvgIpc) is 3.13. The minimum absolute atomic E-state index is 0.262. The fourth-order valence-corrected chi connectivity index (χ4v) is 8.67. The Bertz CT molecular complexity index is 1750. The van der Waals surface area contributed by atoms with E-state index in [-0.39, 0.29) is 18.9 Å². The maximum absolute atomic E-state index is 13.5. The summed E-state index contributed by atoms with van der Waals surface area (Å²) in [5.74, 6) is 1.97. The number of hydrogen-bond acceptors (Lipinski definition) is 8. The van der Waals surface area contributed by atoms with E-state index in [1.807, 2.05) is 91.9 Å². The summed E-state index contributed by atoms with van der Waals surface area (Å²) in [6, 6.07) is 22.5. The van der Waals surface area contributed by atoms with Gasteiger partial charge in [-0.3, -0.25) is 4.55 Å². The first-order valence-electron chi connectivity index (χ1n) is 17.8. The smallest absolute Gasteiger partial charge is 0.273 e. The predicted octanol–water partition coefficient (Wildman–Crippen LogP) is 8.10. The molecule has 3 saturated heterocycles. The molecule has 3 aliphatic heterocycles. The van der Waals surface area contributed by atoms with Gasteiger partial charge >= 0.3 is 0 Å². The molecule has 7 rings (SSSR count). The molecule has 266 valence electrons. The molecule has 0 saturated carbocycles. The molecule has 3 fully saturated rings. The summed E-state index contributed by atoms with van der Waals surface area (Å²) in [5.41, 5.74) is 2.37. The first-order chi connectivity index (χ1) is 24.2. The zero-order valence-corrected chi connectivity index (χ0v) is 29.3. The van der Waals surface area contributed by atoms with Crippen molar-refractivity contribution in [2.75, 3.05) is 19.8 Å². The molecule has 0 bridgehead atoms. The molecule has 3 aromatic rings. The van der Waals surface area contributed by atoms with Crippen LogP contribution in [0.5, 0.6) is 17.2 Å². The summed E-state index contributed by atoms with van der Waals surface area (Å²) in [6.07, 6.45) is 11.7. The lowest BCUT2D eigenvalue weighted by Crippen LogP contribution is -2.43. The lowest BCUT2D eigenvalue weighted by atomic mass is 9.70. The Morgan fingerprint density at radius 3 is 1.44 bits per heavy atom. The van der Waals surface area contributed by atoms with Crippen LogP contribution in [0.3, 0.4) is 0 Å². The van der Waals surface area contributed by atoms with Crippen LogP contribution in [-0.4, -0.2) is 56.9 Å². The highest BCUT2D eigenvalue weighted by Gasteiger charge is 2.47. The second-order valence-corrected chi connectivity index (χ2v) is 15.2. The minimum Gasteiger partial charge on any atom is -0.465 e. The fourth-order valence-electron chi connectivity index (χ4n) is 7.32. The van der Waals surface area contributed by atoms with Gasteiger partial charge in [-0.05, 0) is 109 Å². The molecule has 0 spiro atoms. The molecule has 0 aromatic heterocycles. The van der Waals surface area contributed by atoms with Crippen LogP contribution in [0.25, 0.3) is 11.1 Å². The van der Waals surface area contributed by atoms with Crippen molar-refractivity contribution in [3.63, 3.8) is 0 Å². The summed E-state index contributed by atoms with van der Waals surface area (Å²) in [5, 5.41) is -1.30. The number of hydrogen-bond donors (Lipinski definition) is 1. The van der Waals surface area contributed by atoms with E-state index in [0.717, 1.165) is 68.9 Å². The number of ether oxygens (including phenoxy) is 6. The Morgan fingerprint density at radius 2 is 1.04 bits per heavy atom. The van der Waals surface area contributed by atoms with Crippen molar-refractivity contribution in [3.05, 3.63) is 102 Å². The van der Waals surface area contributed by atoms with Gasteiger partial charge in [0.2, 0.25) is 0 Å². The molecule has 9 nitrogen and oxygen atoms in total. The van der Waals surface area contributed by atoms with Crippen molar-refractivity contribution < 1.29 is 41.4 Å². The molecule has 0 radical (unpaired) electrons. The Labute approximate surface area is 294 Å². The molecule has 3 aromatic carbocycles. The zero-order chi connectivity index (χ0) is 34.6. The van der Waals surface area contributed by atoms with E-state index in [1.54, 1.807) is 0 Å². The van der Waals surface area contributed by atoms with Gasteiger partial charge < -0.3 is 28.4 Å². The van der Waals surface area contributed by atoms with Crippen molar-refractivity contribution in [3.8, 4) is 17.2 Å². The van der Waals surface area contributed by atoms with E-state index >= 15 is 0 Å². The van der Waals surface area contributed by atoms with Crippen molar-refractivity contribution >= 4 is 21.3 Å². The lowest BCUT2D eigenvalue weighted by molar-refractivity contribution is -0.106. The van der Waals surface area contributed by atoms with Crippen molar-refractivity contribution in [1.82, 2.24) is 0 Å². The van der Waals surface area contributed by atoms with Gasteiger partial charge in [0.1, 0.15) is 22.5 Å². The van der Waals surface area contributed by atoms with Crippen molar-refractivity contribution in [2.45, 2.75) is 94.2 Å². The molecule has 5 atom stereocenters. The van der Waals surface area contributed by atoms with Gasteiger partial charge in [-0.25, -0.2) is 0 Å². The van der Waals surface area contributed by atoms with Gasteiger partial charge in [-0.1, -0.05) is 49.4 Å². The molecule has 0 amide bonds. The Morgan fingerprint density at radius 1 is 0.620 bits per heavy atom. The van der Waals surface area contributed by atoms with Crippen molar-refractivity contribution in [2.24, 2.45) is 0 Å². The topological polar surface area (TPSA) is 110 Å². The third kappa shape index (κ3) is 8.11. The van der Waals surface area contributed by atoms with Crippen LogP contribution in [-0.2, 0) is 29.7 Å². The number of benzene rings is 3. The van der Waals surface area contributed by atoms with E-state index in [1.165, 1.54) is 0 Å². The van der Waals surface area contributed by atoms with E-state index in [0.29, 0.717) is 53.8 Å². The Kier molecular flexibility index (Phi) is 10.6. The van der Waals surface area contributed by atoms with Gasteiger partial charge in [0.25, 0.3) is 10.1 Å². The lowest BCUT2D eigenvalue weighted by Gasteiger charge is -2.39. The van der Waals surface area contributed by atoms with Gasteiger partial charge in [0.05, 0.1) is 19.8 Å². The standard InChI is InChI=1S/C40H46O9S/c1-40(31-15-21-34(22-16-31)49-38-10-4-7-25-46-38)27-30(28-11-17-32(18-12-28)47-36-8-2-5-23-44-36)26-35(39(40)50(41,42)43)29-13-19-33(20-14-29)48-37-9-3-6-24-45-37/h11-22,26-27,36-39H,2-10,23-25H2,1H3,(H,41,42,43). The van der Waals surface area contributed by atoms with Crippen LogP contribution in [0.2, 0.25) is 0 Å². The number of allylic oxidation sites excluding steroid dienone is 3. The monoisotopic (exact) mass is 702 g/mol. The fraction of sp³-hybridized carbons (Fsp3) is 0.450. The molecule has 10 heteroatoms.